The molecule has 1 aliphatic rings. The van der Waals surface area contributed by atoms with Gasteiger partial charge < -0.3 is 16.2 Å². The molecule has 0 spiro atoms. The maximum atomic E-state index is 11.5. The zero-order chi connectivity index (χ0) is 14.9. The van der Waals surface area contributed by atoms with Gasteiger partial charge in [0.25, 0.3) is 5.91 Å². The summed E-state index contributed by atoms with van der Waals surface area (Å²) < 4.78 is 0. The minimum absolute atomic E-state index is 0.262. The Bertz CT molecular complexity index is 565. The van der Waals surface area contributed by atoms with E-state index in [0.29, 0.717) is 24.2 Å². The molecule has 4 N–H and O–H groups in total. The predicted octanol–water partition coefficient (Wildman–Crippen LogP) is 1.46. The van der Waals surface area contributed by atoms with E-state index in [1.807, 2.05) is 6.92 Å². The van der Waals surface area contributed by atoms with Crippen molar-refractivity contribution in [3.63, 3.8) is 0 Å². The monoisotopic (exact) mass is 277 g/mol. The fourth-order valence-electron chi connectivity index (χ4n) is 2.60. The number of aryl methyl sites for hydroxylation is 2. The Kier molecular flexibility index (Phi) is 3.65. The Hall–Kier alpha value is -2.11. The average molecular weight is 277 g/mol. The van der Waals surface area contributed by atoms with Crippen molar-refractivity contribution in [1.29, 1.82) is 0 Å². The Morgan fingerprint density at radius 2 is 2.10 bits per heavy atom. The van der Waals surface area contributed by atoms with E-state index in [1.54, 1.807) is 13.0 Å². The van der Waals surface area contributed by atoms with E-state index in [-0.39, 0.29) is 6.54 Å². The van der Waals surface area contributed by atoms with Gasteiger partial charge in [0.15, 0.2) is 0 Å². The normalized spacial score (nSPS) is 16.3. The molecule has 1 aromatic rings. The van der Waals surface area contributed by atoms with Crippen LogP contribution in [0.4, 0.5) is 5.82 Å². The molecule has 1 heterocycles. The number of primary amides is 1. The number of carbonyl (C=O) groups is 2. The SMILES string of the molecule is Cc1cc(C)c(C(N)=O)c(NCC2(C(=O)O)CCC2)n1. The standard InChI is InChI=1S/C14H19N3O3/c1-8-6-9(2)17-12(10(8)11(15)18)16-7-14(13(19)20)4-3-5-14/h6H,3-5,7H2,1-2H3,(H2,15,18)(H,16,17)(H,19,20). The molecule has 1 aromatic heterocycles. The zero-order valence-corrected chi connectivity index (χ0v) is 11.7. The van der Waals surface area contributed by atoms with E-state index in [4.69, 9.17) is 5.73 Å². The third kappa shape index (κ3) is 2.45. The maximum Gasteiger partial charge on any atom is 0.311 e. The highest BCUT2D eigenvalue weighted by Gasteiger charge is 2.44. The molecule has 2 rings (SSSR count). The molecule has 20 heavy (non-hydrogen) atoms. The van der Waals surface area contributed by atoms with Crippen molar-refractivity contribution in [3.8, 4) is 0 Å². The van der Waals surface area contributed by atoms with Gasteiger partial charge in [0.1, 0.15) is 5.82 Å². The first-order valence-corrected chi connectivity index (χ1v) is 6.61. The van der Waals surface area contributed by atoms with Crippen LogP contribution in [-0.2, 0) is 4.79 Å². The highest BCUT2D eigenvalue weighted by atomic mass is 16.4. The number of aromatic nitrogens is 1. The summed E-state index contributed by atoms with van der Waals surface area (Å²) >= 11 is 0. The van der Waals surface area contributed by atoms with Gasteiger partial charge in [-0.2, -0.15) is 0 Å². The minimum atomic E-state index is -0.804. The number of carboxylic acids is 1. The van der Waals surface area contributed by atoms with Crippen LogP contribution >= 0.6 is 0 Å². The Morgan fingerprint density at radius 3 is 2.55 bits per heavy atom. The van der Waals surface area contributed by atoms with Crippen LogP contribution in [0.15, 0.2) is 6.07 Å². The van der Waals surface area contributed by atoms with Crippen LogP contribution in [0.1, 0.15) is 40.9 Å². The molecule has 108 valence electrons. The van der Waals surface area contributed by atoms with Crippen LogP contribution in [0.25, 0.3) is 0 Å². The van der Waals surface area contributed by atoms with Crippen molar-refractivity contribution in [1.82, 2.24) is 4.98 Å². The summed E-state index contributed by atoms with van der Waals surface area (Å²) in [5, 5.41) is 12.3. The average Bonchev–Trinajstić information content (AvgIpc) is 2.25. The van der Waals surface area contributed by atoms with Crippen LogP contribution in [0.5, 0.6) is 0 Å². The fourth-order valence-corrected chi connectivity index (χ4v) is 2.60. The fraction of sp³-hybridized carbons (Fsp3) is 0.500. The van der Waals surface area contributed by atoms with Crippen molar-refractivity contribution in [2.75, 3.05) is 11.9 Å². The number of nitrogens with zero attached hydrogens (tertiary/aromatic N) is 1. The summed E-state index contributed by atoms with van der Waals surface area (Å²) in [4.78, 5) is 27.1. The first kappa shape index (κ1) is 14.3. The van der Waals surface area contributed by atoms with E-state index in [2.05, 4.69) is 10.3 Å². The highest BCUT2D eigenvalue weighted by molar-refractivity contribution is 5.99. The van der Waals surface area contributed by atoms with E-state index in [1.165, 1.54) is 0 Å². The lowest BCUT2D eigenvalue weighted by Gasteiger charge is -2.37. The lowest BCUT2D eigenvalue weighted by atomic mass is 9.69. The Labute approximate surface area is 117 Å². The highest BCUT2D eigenvalue weighted by Crippen LogP contribution is 2.41. The van der Waals surface area contributed by atoms with Gasteiger partial charge in [0, 0.05) is 12.2 Å². The predicted molar refractivity (Wildman–Crippen MR) is 74.6 cm³/mol. The molecular formula is C14H19N3O3. The minimum Gasteiger partial charge on any atom is -0.481 e. The number of nitrogens with one attached hydrogen (secondary N) is 1. The van der Waals surface area contributed by atoms with Crippen molar-refractivity contribution in [2.24, 2.45) is 11.1 Å². The van der Waals surface area contributed by atoms with E-state index >= 15 is 0 Å². The summed E-state index contributed by atoms with van der Waals surface area (Å²) in [5.74, 6) is -0.987. The van der Waals surface area contributed by atoms with Crippen molar-refractivity contribution in [2.45, 2.75) is 33.1 Å². The number of aliphatic carboxylic acids is 1. The van der Waals surface area contributed by atoms with Crippen LogP contribution in [0.3, 0.4) is 0 Å². The molecule has 0 unspecified atom stereocenters. The van der Waals surface area contributed by atoms with Gasteiger partial charge in [-0.3, -0.25) is 9.59 Å². The zero-order valence-electron chi connectivity index (χ0n) is 11.7. The first-order chi connectivity index (χ1) is 9.35. The van der Waals surface area contributed by atoms with Gasteiger partial charge in [0.2, 0.25) is 0 Å². The summed E-state index contributed by atoms with van der Waals surface area (Å²) in [5.41, 5.74) is 6.46. The maximum absolute atomic E-state index is 11.5. The molecule has 0 bridgehead atoms. The number of carboxylic acid groups (broad SMARTS) is 1. The molecule has 0 aromatic carbocycles. The quantitative estimate of drug-likeness (QED) is 0.755. The third-order valence-corrected chi connectivity index (χ3v) is 3.95. The third-order valence-electron chi connectivity index (χ3n) is 3.95. The first-order valence-electron chi connectivity index (χ1n) is 6.61. The van der Waals surface area contributed by atoms with Gasteiger partial charge in [0.05, 0.1) is 11.0 Å². The number of hydrogen-bond acceptors (Lipinski definition) is 4. The molecule has 1 fully saturated rings. The number of nitrogens with two attached hydrogens (primary N) is 1. The Morgan fingerprint density at radius 1 is 1.45 bits per heavy atom. The summed E-state index contributed by atoms with van der Waals surface area (Å²) in [6.45, 7) is 3.87. The molecule has 0 aliphatic heterocycles. The number of anilines is 1. The second kappa shape index (κ2) is 5.11. The van der Waals surface area contributed by atoms with Gasteiger partial charge >= 0.3 is 5.97 Å². The molecule has 0 saturated heterocycles. The molecule has 0 radical (unpaired) electrons. The molecular weight excluding hydrogens is 258 g/mol. The van der Waals surface area contributed by atoms with Crippen molar-refractivity contribution < 1.29 is 14.7 Å². The summed E-state index contributed by atoms with van der Waals surface area (Å²) in [7, 11) is 0. The van der Waals surface area contributed by atoms with Crippen molar-refractivity contribution >= 4 is 17.7 Å². The second-order valence-corrected chi connectivity index (χ2v) is 5.46. The topological polar surface area (TPSA) is 105 Å². The summed E-state index contributed by atoms with van der Waals surface area (Å²) in [6, 6.07) is 1.78. The van der Waals surface area contributed by atoms with E-state index in [9.17, 15) is 14.7 Å². The van der Waals surface area contributed by atoms with Crippen LogP contribution in [0.2, 0.25) is 0 Å². The molecule has 0 atom stereocenters. The van der Waals surface area contributed by atoms with Crippen molar-refractivity contribution in [3.05, 3.63) is 22.9 Å². The van der Waals surface area contributed by atoms with Crippen LogP contribution in [-0.4, -0.2) is 28.5 Å². The molecule has 1 amide bonds. The summed E-state index contributed by atoms with van der Waals surface area (Å²) in [6.07, 6.45) is 2.20. The van der Waals surface area contributed by atoms with Gasteiger partial charge in [-0.1, -0.05) is 6.42 Å². The number of pyridine rings is 1. The number of hydrogen-bond donors (Lipinski definition) is 3. The number of carbonyl (C=O) groups excluding carboxylic acids is 1. The van der Waals surface area contributed by atoms with E-state index < -0.39 is 17.3 Å². The molecule has 6 nitrogen and oxygen atoms in total. The molecule has 1 aliphatic carbocycles. The second-order valence-electron chi connectivity index (χ2n) is 5.46. The Balaban J connectivity index is 2.25. The molecule has 6 heteroatoms. The van der Waals surface area contributed by atoms with E-state index in [0.717, 1.165) is 17.7 Å². The largest absolute Gasteiger partial charge is 0.481 e. The van der Waals surface area contributed by atoms with Gasteiger partial charge in [-0.15, -0.1) is 0 Å². The lowest BCUT2D eigenvalue weighted by Crippen LogP contribution is -2.44. The van der Waals surface area contributed by atoms with Crippen LogP contribution < -0.4 is 11.1 Å². The lowest BCUT2D eigenvalue weighted by molar-refractivity contribution is -0.153. The number of amides is 1. The molecule has 1 saturated carbocycles. The number of rotatable bonds is 5. The van der Waals surface area contributed by atoms with Gasteiger partial charge in [-0.05, 0) is 38.3 Å². The van der Waals surface area contributed by atoms with Crippen LogP contribution in [0, 0.1) is 19.3 Å². The van der Waals surface area contributed by atoms with Gasteiger partial charge in [-0.25, -0.2) is 4.98 Å². The smallest absolute Gasteiger partial charge is 0.311 e.